The van der Waals surface area contributed by atoms with Crippen molar-refractivity contribution >= 4 is 34.1 Å². The Labute approximate surface area is 224 Å². The number of ether oxygens (including phenoxy) is 1. The van der Waals surface area contributed by atoms with Crippen LogP contribution in [0.15, 0.2) is 59.7 Å². The molecule has 1 atom stereocenters. The maximum absolute atomic E-state index is 13.6. The summed E-state index contributed by atoms with van der Waals surface area (Å²) in [7, 11) is 1.57. The standard InChI is InChI=1S/C30H28ClN3O4/c1-38-9-6-26(27(35)11-18-2-5-25-20(10-18)16-32-33-25)34-17-24-23(13-29(34)37)22-12-21(31)4-3-19(22)14-30(7-8-30)15-28(24)36/h2-5,10,12-13,16-17,26H,6-9,11,14-15H2,1H3,(H,32,33). The highest BCUT2D eigenvalue weighted by molar-refractivity contribution is 6.31. The summed E-state index contributed by atoms with van der Waals surface area (Å²) in [5.41, 5.74) is 4.34. The topological polar surface area (TPSA) is 94.1 Å². The smallest absolute Gasteiger partial charge is 0.251 e. The van der Waals surface area contributed by atoms with Crippen molar-refractivity contribution in [3.05, 3.63) is 86.9 Å². The predicted molar refractivity (Wildman–Crippen MR) is 146 cm³/mol. The monoisotopic (exact) mass is 529 g/mol. The zero-order chi connectivity index (χ0) is 26.4. The molecule has 0 aliphatic heterocycles. The van der Waals surface area contributed by atoms with Crippen LogP contribution in [0.25, 0.3) is 22.0 Å². The summed E-state index contributed by atoms with van der Waals surface area (Å²) in [6, 6.07) is 12.1. The average Bonchev–Trinajstić information content (AvgIpc) is 3.48. The Morgan fingerprint density at radius 2 is 1.95 bits per heavy atom. The van der Waals surface area contributed by atoms with E-state index in [4.69, 9.17) is 16.3 Å². The number of rotatable bonds is 7. The fourth-order valence-corrected chi connectivity index (χ4v) is 5.90. The third kappa shape index (κ3) is 4.61. The SMILES string of the molecule is COCCC(C(=O)Cc1ccc2[nH]ncc2c1)n1cc2c(cc1=O)-c1cc(Cl)ccc1CC1(CC1)CC2=O. The molecule has 2 aromatic carbocycles. The second-order valence-electron chi connectivity index (χ2n) is 10.7. The molecule has 1 spiro atoms. The maximum atomic E-state index is 13.6. The molecule has 2 aliphatic carbocycles. The molecule has 194 valence electrons. The fourth-order valence-electron chi connectivity index (χ4n) is 5.73. The Kier molecular flexibility index (Phi) is 6.28. The van der Waals surface area contributed by atoms with Crippen LogP contribution in [0.2, 0.25) is 5.02 Å². The van der Waals surface area contributed by atoms with Crippen molar-refractivity contribution in [3.63, 3.8) is 0 Å². The summed E-state index contributed by atoms with van der Waals surface area (Å²) in [5.74, 6) is -0.118. The zero-order valence-electron chi connectivity index (χ0n) is 21.1. The molecule has 0 saturated heterocycles. The number of ketones is 2. The third-order valence-corrected chi connectivity index (χ3v) is 8.22. The van der Waals surface area contributed by atoms with Gasteiger partial charge in [-0.25, -0.2) is 0 Å². The second-order valence-corrected chi connectivity index (χ2v) is 11.1. The van der Waals surface area contributed by atoms with E-state index in [1.54, 1.807) is 19.5 Å². The summed E-state index contributed by atoms with van der Waals surface area (Å²) in [4.78, 5) is 40.8. The number of nitrogens with zero attached hydrogens (tertiary/aromatic N) is 2. The van der Waals surface area contributed by atoms with E-state index in [2.05, 4.69) is 10.2 Å². The van der Waals surface area contributed by atoms with Crippen LogP contribution in [0.3, 0.4) is 0 Å². The largest absolute Gasteiger partial charge is 0.385 e. The van der Waals surface area contributed by atoms with Crippen LogP contribution in [0.4, 0.5) is 0 Å². The van der Waals surface area contributed by atoms with Gasteiger partial charge in [0.2, 0.25) is 0 Å². The Bertz CT molecular complexity index is 1630. The van der Waals surface area contributed by atoms with Crippen molar-refractivity contribution in [1.29, 1.82) is 0 Å². The number of carbonyl (C=O) groups excluding carboxylic acids is 2. The van der Waals surface area contributed by atoms with Crippen LogP contribution < -0.4 is 5.56 Å². The minimum absolute atomic E-state index is 0.000209. The number of methoxy groups -OCH3 is 1. The van der Waals surface area contributed by atoms with Crippen LogP contribution in [-0.2, 0) is 22.4 Å². The van der Waals surface area contributed by atoms with Crippen molar-refractivity contribution < 1.29 is 14.3 Å². The van der Waals surface area contributed by atoms with Gasteiger partial charge in [-0.05, 0) is 77.6 Å². The normalized spacial score (nSPS) is 16.5. The lowest BCUT2D eigenvalue weighted by atomic mass is 9.81. The zero-order valence-corrected chi connectivity index (χ0v) is 21.9. The van der Waals surface area contributed by atoms with Gasteiger partial charge in [0.25, 0.3) is 5.56 Å². The van der Waals surface area contributed by atoms with Gasteiger partial charge in [0, 0.05) is 54.8 Å². The van der Waals surface area contributed by atoms with Gasteiger partial charge in [0.05, 0.1) is 17.8 Å². The first-order chi connectivity index (χ1) is 18.4. The molecule has 7 nitrogen and oxygen atoms in total. The summed E-state index contributed by atoms with van der Waals surface area (Å²) >= 11 is 6.35. The van der Waals surface area contributed by atoms with Gasteiger partial charge in [-0.3, -0.25) is 19.5 Å². The number of halogens is 1. The molecule has 2 aromatic heterocycles. The van der Waals surface area contributed by atoms with Crippen molar-refractivity contribution in [3.8, 4) is 11.1 Å². The van der Waals surface area contributed by atoms with Crippen LogP contribution in [0.5, 0.6) is 0 Å². The number of Topliss-reactive ketones (excluding diaryl/α,β-unsaturated/α-hetero) is 2. The number of benzene rings is 2. The lowest BCUT2D eigenvalue weighted by molar-refractivity contribution is -0.122. The first-order valence-electron chi connectivity index (χ1n) is 12.9. The maximum Gasteiger partial charge on any atom is 0.251 e. The molecule has 2 aliphatic rings. The Hall–Kier alpha value is -3.55. The number of aromatic nitrogens is 3. The van der Waals surface area contributed by atoms with Crippen LogP contribution >= 0.6 is 11.6 Å². The molecule has 38 heavy (non-hydrogen) atoms. The van der Waals surface area contributed by atoms with E-state index in [9.17, 15) is 14.4 Å². The first kappa shape index (κ1) is 24.8. The number of nitrogens with one attached hydrogen (secondary N) is 1. The van der Waals surface area contributed by atoms with Crippen molar-refractivity contribution in [1.82, 2.24) is 14.8 Å². The number of carbonyl (C=O) groups is 2. The quantitative estimate of drug-likeness (QED) is 0.348. The highest BCUT2D eigenvalue weighted by Crippen LogP contribution is 2.54. The van der Waals surface area contributed by atoms with Gasteiger partial charge < -0.3 is 9.30 Å². The van der Waals surface area contributed by atoms with Crippen LogP contribution in [0.1, 0.15) is 53.2 Å². The van der Waals surface area contributed by atoms with E-state index < -0.39 is 6.04 Å². The number of hydrogen-bond acceptors (Lipinski definition) is 5. The fraction of sp³-hybridized carbons (Fsp3) is 0.333. The highest BCUT2D eigenvalue weighted by Gasteiger charge is 2.46. The molecular formula is C30H28ClN3O4. The predicted octanol–water partition coefficient (Wildman–Crippen LogP) is 5.34. The van der Waals surface area contributed by atoms with E-state index in [1.165, 1.54) is 10.6 Å². The minimum Gasteiger partial charge on any atom is -0.385 e. The van der Waals surface area contributed by atoms with Crippen LogP contribution in [0, 0.1) is 5.41 Å². The molecule has 0 amide bonds. The summed E-state index contributed by atoms with van der Waals surface area (Å²) in [6.45, 7) is 0.302. The van der Waals surface area contributed by atoms with Gasteiger partial charge in [-0.2, -0.15) is 5.10 Å². The molecule has 1 N–H and O–H groups in total. The van der Waals surface area contributed by atoms with E-state index >= 15 is 0 Å². The number of fused-ring (bicyclic) bond motifs is 4. The van der Waals surface area contributed by atoms with Gasteiger partial charge in [-0.15, -0.1) is 0 Å². The number of aromatic amines is 1. The van der Waals surface area contributed by atoms with E-state index in [0.29, 0.717) is 35.6 Å². The molecule has 4 aromatic rings. The molecule has 1 saturated carbocycles. The molecule has 1 fully saturated rings. The highest BCUT2D eigenvalue weighted by atomic mass is 35.5. The number of hydrogen-bond donors (Lipinski definition) is 1. The molecule has 0 bridgehead atoms. The second kappa shape index (κ2) is 9.64. The van der Waals surface area contributed by atoms with E-state index in [0.717, 1.165) is 46.9 Å². The Morgan fingerprint density at radius 3 is 2.74 bits per heavy atom. The van der Waals surface area contributed by atoms with Crippen molar-refractivity contribution in [2.45, 2.75) is 44.6 Å². The van der Waals surface area contributed by atoms with Crippen LogP contribution in [-0.4, -0.2) is 40.0 Å². The summed E-state index contributed by atoms with van der Waals surface area (Å²) in [5, 5.41) is 8.42. The molecular weight excluding hydrogens is 502 g/mol. The summed E-state index contributed by atoms with van der Waals surface area (Å²) < 4.78 is 6.72. The lowest BCUT2D eigenvalue weighted by Gasteiger charge is -2.25. The van der Waals surface area contributed by atoms with E-state index in [-0.39, 0.29) is 29.0 Å². The van der Waals surface area contributed by atoms with E-state index in [1.807, 2.05) is 36.4 Å². The number of H-pyrrole nitrogens is 1. The molecule has 0 radical (unpaired) electrons. The summed E-state index contributed by atoms with van der Waals surface area (Å²) in [6.07, 6.45) is 7.02. The first-order valence-corrected chi connectivity index (χ1v) is 13.3. The molecule has 1 unspecified atom stereocenters. The van der Waals surface area contributed by atoms with Gasteiger partial charge >= 0.3 is 0 Å². The lowest BCUT2D eigenvalue weighted by Crippen LogP contribution is -2.32. The Morgan fingerprint density at radius 1 is 1.11 bits per heavy atom. The molecule has 6 rings (SSSR count). The van der Waals surface area contributed by atoms with Crippen molar-refractivity contribution in [2.75, 3.05) is 13.7 Å². The average molecular weight is 530 g/mol. The third-order valence-electron chi connectivity index (χ3n) is 7.99. The minimum atomic E-state index is -0.764. The van der Waals surface area contributed by atoms with Gasteiger partial charge in [0.1, 0.15) is 0 Å². The van der Waals surface area contributed by atoms with Crippen molar-refractivity contribution in [2.24, 2.45) is 5.41 Å². The molecule has 2 heterocycles. The van der Waals surface area contributed by atoms with Gasteiger partial charge in [-0.1, -0.05) is 23.7 Å². The Balaban J connectivity index is 1.42. The van der Waals surface area contributed by atoms with Gasteiger partial charge in [0.15, 0.2) is 11.6 Å². The molecule has 8 heteroatoms. The number of pyridine rings is 1.